The minimum Gasteiger partial charge on any atom is -0.506 e. The Labute approximate surface area is 223 Å². The van der Waals surface area contributed by atoms with Crippen molar-refractivity contribution in [2.24, 2.45) is 5.10 Å². The molecule has 0 saturated carbocycles. The molecular formula is C29H25ClF3N3O2. The number of benzene rings is 3. The van der Waals surface area contributed by atoms with Crippen LogP contribution in [0.2, 0.25) is 5.02 Å². The fraction of sp³-hybridized carbons (Fsp3) is 0.172. The van der Waals surface area contributed by atoms with E-state index in [-0.39, 0.29) is 23.5 Å². The number of phenols is 1. The van der Waals surface area contributed by atoms with Crippen molar-refractivity contribution < 1.29 is 23.0 Å². The monoisotopic (exact) mass is 539 g/mol. The first-order chi connectivity index (χ1) is 18.1. The number of phenolic OH excluding ortho intramolecular Hbond substituents is 1. The summed E-state index contributed by atoms with van der Waals surface area (Å²) < 4.78 is 46.8. The lowest BCUT2D eigenvalue weighted by Gasteiger charge is -2.23. The van der Waals surface area contributed by atoms with Crippen molar-refractivity contribution >= 4 is 22.9 Å². The third-order valence-corrected chi connectivity index (χ3v) is 6.20. The second-order valence-electron chi connectivity index (χ2n) is 8.58. The Hall–Kier alpha value is -4.13. The number of hydrazone groups is 1. The number of nitrogens with zero attached hydrogens (tertiary/aromatic N) is 2. The van der Waals surface area contributed by atoms with Gasteiger partial charge in [0.05, 0.1) is 11.3 Å². The first kappa shape index (κ1) is 26.9. The Bertz CT molecular complexity index is 1470. The van der Waals surface area contributed by atoms with Crippen molar-refractivity contribution in [2.45, 2.75) is 19.7 Å². The molecule has 1 aliphatic rings. The fourth-order valence-electron chi connectivity index (χ4n) is 4.02. The fourth-order valence-corrected chi connectivity index (χ4v) is 4.14. The maximum Gasteiger partial charge on any atom is 0.431 e. The van der Waals surface area contributed by atoms with Crippen LogP contribution in [0.3, 0.4) is 0 Å². The summed E-state index contributed by atoms with van der Waals surface area (Å²) in [6.07, 6.45) is -2.41. The van der Waals surface area contributed by atoms with Crippen LogP contribution in [0.1, 0.15) is 23.6 Å². The molecule has 0 bridgehead atoms. The molecule has 0 aliphatic carbocycles. The number of rotatable bonds is 7. The number of nitrogens with one attached hydrogen (secondary N) is 1. The molecule has 0 fully saturated rings. The van der Waals surface area contributed by atoms with Gasteiger partial charge in [0, 0.05) is 36.5 Å². The molecule has 9 heteroatoms. The summed E-state index contributed by atoms with van der Waals surface area (Å²) in [6.45, 7) is 2.02. The Morgan fingerprint density at radius 3 is 2.55 bits per heavy atom. The number of ether oxygens (including phenoxy) is 1. The molecule has 0 atom stereocenters. The van der Waals surface area contributed by atoms with Crippen LogP contribution in [0.5, 0.6) is 11.5 Å². The van der Waals surface area contributed by atoms with Gasteiger partial charge >= 0.3 is 6.18 Å². The quantitative estimate of drug-likeness (QED) is 0.191. The van der Waals surface area contributed by atoms with Gasteiger partial charge in [-0.3, -0.25) is 0 Å². The van der Waals surface area contributed by atoms with Crippen molar-refractivity contribution in [1.29, 1.82) is 0 Å². The zero-order chi connectivity index (χ0) is 27.4. The van der Waals surface area contributed by atoms with Crippen molar-refractivity contribution in [1.82, 2.24) is 10.3 Å². The number of halogens is 4. The minimum atomic E-state index is -4.57. The SMILES string of the molecule is CN/N=C(\C)c1cccc(-c2c(OCc3ccc(Cl)cc3)ccc(C3=C=CN(C)C(C(F)(F)F)=C3)c2O)c1. The predicted molar refractivity (Wildman–Crippen MR) is 144 cm³/mol. The van der Waals surface area contributed by atoms with Gasteiger partial charge in [-0.15, -0.1) is 0 Å². The van der Waals surface area contributed by atoms with Crippen LogP contribution in [-0.2, 0) is 6.61 Å². The largest absolute Gasteiger partial charge is 0.506 e. The maximum atomic E-state index is 13.6. The summed E-state index contributed by atoms with van der Waals surface area (Å²) in [5.74, 6) is 0.135. The molecule has 196 valence electrons. The number of hydrogen-bond donors (Lipinski definition) is 2. The number of allylic oxidation sites excluding steroid dienone is 3. The molecule has 0 saturated heterocycles. The Balaban J connectivity index is 1.84. The van der Waals surface area contributed by atoms with Gasteiger partial charge in [0.1, 0.15) is 23.8 Å². The Morgan fingerprint density at radius 2 is 1.87 bits per heavy atom. The topological polar surface area (TPSA) is 57.1 Å². The molecule has 0 radical (unpaired) electrons. The highest BCUT2D eigenvalue weighted by molar-refractivity contribution is 6.30. The Morgan fingerprint density at radius 1 is 1.13 bits per heavy atom. The van der Waals surface area contributed by atoms with E-state index in [9.17, 15) is 18.3 Å². The molecule has 38 heavy (non-hydrogen) atoms. The molecule has 1 aliphatic heterocycles. The number of aromatic hydroxyl groups is 1. The lowest BCUT2D eigenvalue weighted by atomic mass is 9.94. The van der Waals surface area contributed by atoms with Gasteiger partial charge in [-0.05, 0) is 60.0 Å². The molecule has 3 aromatic rings. The van der Waals surface area contributed by atoms with E-state index in [0.29, 0.717) is 27.6 Å². The van der Waals surface area contributed by atoms with E-state index in [2.05, 4.69) is 16.3 Å². The third-order valence-electron chi connectivity index (χ3n) is 5.95. The molecule has 1 heterocycles. The average molecular weight is 540 g/mol. The van der Waals surface area contributed by atoms with Gasteiger partial charge in [-0.1, -0.05) is 47.7 Å². The van der Waals surface area contributed by atoms with Crippen LogP contribution in [0.4, 0.5) is 13.2 Å². The van der Waals surface area contributed by atoms with E-state index in [4.69, 9.17) is 16.3 Å². The predicted octanol–water partition coefficient (Wildman–Crippen LogP) is 7.12. The molecule has 2 N–H and O–H groups in total. The summed E-state index contributed by atoms with van der Waals surface area (Å²) in [5, 5.41) is 16.3. The van der Waals surface area contributed by atoms with Crippen LogP contribution in [-0.4, -0.2) is 36.0 Å². The van der Waals surface area contributed by atoms with Gasteiger partial charge in [0.25, 0.3) is 0 Å². The first-order valence-electron chi connectivity index (χ1n) is 11.6. The van der Waals surface area contributed by atoms with Crippen molar-refractivity contribution in [3.63, 3.8) is 0 Å². The molecule has 0 aromatic heterocycles. The molecule has 4 rings (SSSR count). The van der Waals surface area contributed by atoms with Crippen LogP contribution >= 0.6 is 11.6 Å². The number of hydrogen-bond acceptors (Lipinski definition) is 5. The van der Waals surface area contributed by atoms with Crippen LogP contribution in [0, 0.1) is 0 Å². The summed E-state index contributed by atoms with van der Waals surface area (Å²) in [6, 6.07) is 17.6. The van der Waals surface area contributed by atoms with Gasteiger partial charge < -0.3 is 20.2 Å². The normalized spacial score (nSPS) is 13.8. The second kappa shape index (κ2) is 11.1. The van der Waals surface area contributed by atoms with Gasteiger partial charge in [0.15, 0.2) is 0 Å². The minimum absolute atomic E-state index is 0.0995. The van der Waals surface area contributed by atoms with E-state index < -0.39 is 11.9 Å². The first-order valence-corrected chi connectivity index (χ1v) is 12.0. The van der Waals surface area contributed by atoms with E-state index in [1.807, 2.05) is 37.3 Å². The second-order valence-corrected chi connectivity index (χ2v) is 9.01. The van der Waals surface area contributed by atoms with Crippen LogP contribution in [0.25, 0.3) is 16.7 Å². The zero-order valence-corrected chi connectivity index (χ0v) is 21.7. The molecule has 0 spiro atoms. The van der Waals surface area contributed by atoms with Crippen molar-refractivity contribution in [2.75, 3.05) is 14.1 Å². The highest BCUT2D eigenvalue weighted by Crippen LogP contribution is 2.44. The van der Waals surface area contributed by atoms with Gasteiger partial charge in [-0.2, -0.15) is 18.3 Å². The molecule has 5 nitrogen and oxygen atoms in total. The zero-order valence-electron chi connectivity index (χ0n) is 20.9. The summed E-state index contributed by atoms with van der Waals surface area (Å²) in [5.41, 5.74) is 8.32. The summed E-state index contributed by atoms with van der Waals surface area (Å²) >= 11 is 5.98. The van der Waals surface area contributed by atoms with E-state index in [0.717, 1.165) is 22.1 Å². The van der Waals surface area contributed by atoms with E-state index >= 15 is 0 Å². The van der Waals surface area contributed by atoms with E-state index in [1.165, 1.54) is 19.3 Å². The highest BCUT2D eigenvalue weighted by atomic mass is 35.5. The van der Waals surface area contributed by atoms with Crippen molar-refractivity contribution in [3.8, 4) is 22.6 Å². The van der Waals surface area contributed by atoms with Gasteiger partial charge in [0.2, 0.25) is 0 Å². The Kier molecular flexibility index (Phi) is 7.86. The lowest BCUT2D eigenvalue weighted by Crippen LogP contribution is -2.25. The van der Waals surface area contributed by atoms with Crippen LogP contribution < -0.4 is 10.2 Å². The molecule has 0 unspecified atom stereocenters. The van der Waals surface area contributed by atoms with Gasteiger partial charge in [-0.25, -0.2) is 0 Å². The van der Waals surface area contributed by atoms with Crippen molar-refractivity contribution in [3.05, 3.63) is 106 Å². The average Bonchev–Trinajstić information content (AvgIpc) is 2.88. The standard InChI is InChI=1S/C29H25ClF3N3O2/c1-18(35-34-2)20-5-4-6-22(15-20)27-25(38-17-19-7-9-23(30)10-8-19)12-11-24(28(27)37)21-13-14-36(3)26(16-21)29(31,32)33/h4-12,14-16,34,37H,17H2,1-3H3/b35-18+. The molecule has 0 amide bonds. The van der Waals surface area contributed by atoms with E-state index in [1.54, 1.807) is 31.3 Å². The third kappa shape index (κ3) is 5.88. The molecule has 3 aromatic carbocycles. The number of alkyl halides is 3. The summed E-state index contributed by atoms with van der Waals surface area (Å²) in [4.78, 5) is 0.943. The highest BCUT2D eigenvalue weighted by Gasteiger charge is 2.37. The van der Waals surface area contributed by atoms with Crippen LogP contribution in [0.15, 0.2) is 89.5 Å². The molecular weight excluding hydrogens is 515 g/mol. The smallest absolute Gasteiger partial charge is 0.431 e. The maximum absolute atomic E-state index is 13.6. The lowest BCUT2D eigenvalue weighted by molar-refractivity contribution is -0.106. The summed E-state index contributed by atoms with van der Waals surface area (Å²) in [7, 11) is 2.99.